The summed E-state index contributed by atoms with van der Waals surface area (Å²) < 4.78 is 0. The van der Waals surface area contributed by atoms with Crippen LogP contribution in [-0.2, 0) is 0 Å². The number of hydrogen-bond donors (Lipinski definition) is 3. The maximum absolute atomic E-state index is 4.88. The van der Waals surface area contributed by atoms with Gasteiger partial charge in [-0.25, -0.2) is 4.99 Å². The van der Waals surface area contributed by atoms with E-state index in [-0.39, 0.29) is 0 Å². The molecule has 1 aliphatic rings. The monoisotopic (exact) mass is 386 g/mol. The van der Waals surface area contributed by atoms with Crippen molar-refractivity contribution < 1.29 is 0 Å². The van der Waals surface area contributed by atoms with Gasteiger partial charge in [0.05, 0.1) is 0 Å². The van der Waals surface area contributed by atoms with E-state index in [4.69, 9.17) is 4.99 Å². The van der Waals surface area contributed by atoms with E-state index < -0.39 is 0 Å². The molecular formula is C22H38N6. The van der Waals surface area contributed by atoms with Gasteiger partial charge < -0.3 is 15.5 Å². The van der Waals surface area contributed by atoms with Crippen LogP contribution in [0.4, 0.5) is 5.82 Å². The molecule has 1 saturated carbocycles. The van der Waals surface area contributed by atoms with Crippen molar-refractivity contribution in [2.75, 3.05) is 32.5 Å². The van der Waals surface area contributed by atoms with Crippen LogP contribution in [0.1, 0.15) is 57.6 Å². The van der Waals surface area contributed by atoms with Crippen molar-refractivity contribution in [1.29, 1.82) is 0 Å². The molecule has 6 nitrogen and oxygen atoms in total. The molecule has 0 unspecified atom stereocenters. The number of aromatic amines is 1. The molecule has 0 spiro atoms. The number of hydrogen-bond acceptors (Lipinski definition) is 4. The Labute approximate surface area is 170 Å². The smallest absolute Gasteiger partial charge is 0.153 e. The van der Waals surface area contributed by atoms with E-state index in [9.17, 15) is 0 Å². The van der Waals surface area contributed by atoms with Crippen molar-refractivity contribution >= 4 is 11.7 Å². The number of unbranched alkanes of at least 4 members (excludes halogenated alkanes) is 1. The van der Waals surface area contributed by atoms with E-state index in [1.807, 2.05) is 26.1 Å². The predicted molar refractivity (Wildman–Crippen MR) is 122 cm³/mol. The molecular weight excluding hydrogens is 348 g/mol. The first kappa shape index (κ1) is 23.7. The van der Waals surface area contributed by atoms with Crippen LogP contribution in [0.3, 0.4) is 0 Å². The van der Waals surface area contributed by atoms with Crippen LogP contribution in [0.25, 0.3) is 0 Å². The molecule has 6 heteroatoms. The third-order valence-electron chi connectivity index (χ3n) is 4.36. The van der Waals surface area contributed by atoms with Gasteiger partial charge in [-0.1, -0.05) is 19.4 Å². The summed E-state index contributed by atoms with van der Waals surface area (Å²) in [7, 11) is 4.09. The van der Waals surface area contributed by atoms with Gasteiger partial charge in [0.1, 0.15) is 11.7 Å². The first-order valence-electron chi connectivity index (χ1n) is 10.3. The van der Waals surface area contributed by atoms with Crippen molar-refractivity contribution in [3.8, 4) is 0 Å². The zero-order chi connectivity index (χ0) is 20.8. The summed E-state index contributed by atoms with van der Waals surface area (Å²) in [6.45, 7) is 12.2. The van der Waals surface area contributed by atoms with E-state index in [0.717, 1.165) is 49.8 Å². The molecule has 0 atom stereocenters. The van der Waals surface area contributed by atoms with Crippen molar-refractivity contribution in [2.45, 2.75) is 51.9 Å². The lowest BCUT2D eigenvalue weighted by Crippen LogP contribution is -2.23. The summed E-state index contributed by atoms with van der Waals surface area (Å²) in [5.74, 6) is 3.31. The van der Waals surface area contributed by atoms with E-state index in [0.29, 0.717) is 5.92 Å². The Bertz CT molecular complexity index is 639. The lowest BCUT2D eigenvalue weighted by molar-refractivity contribution is 0.400. The Morgan fingerprint density at radius 3 is 2.79 bits per heavy atom. The highest BCUT2D eigenvalue weighted by Crippen LogP contribution is 2.39. The SMILES string of the molecule is C=C.C\C=C/C(=N\C(=C\CCC)N(C)CCCNC)Nc1cc(C2CC2)[nH]n1. The largest absolute Gasteiger partial charge is 0.360 e. The van der Waals surface area contributed by atoms with Crippen LogP contribution < -0.4 is 10.6 Å². The first-order valence-corrected chi connectivity index (χ1v) is 10.3. The minimum absolute atomic E-state index is 0.665. The molecule has 156 valence electrons. The molecule has 0 amide bonds. The zero-order valence-electron chi connectivity index (χ0n) is 18.1. The number of rotatable bonds is 11. The fourth-order valence-corrected chi connectivity index (χ4v) is 2.69. The Morgan fingerprint density at radius 1 is 1.43 bits per heavy atom. The van der Waals surface area contributed by atoms with E-state index in [1.165, 1.54) is 18.5 Å². The van der Waals surface area contributed by atoms with Crippen LogP contribution in [0.2, 0.25) is 0 Å². The number of nitrogens with zero attached hydrogens (tertiary/aromatic N) is 3. The summed E-state index contributed by atoms with van der Waals surface area (Å²) in [4.78, 5) is 7.10. The average molecular weight is 387 g/mol. The molecule has 1 aromatic heterocycles. The van der Waals surface area contributed by atoms with E-state index in [1.54, 1.807) is 0 Å². The minimum Gasteiger partial charge on any atom is -0.360 e. The molecule has 1 heterocycles. The third kappa shape index (κ3) is 8.57. The summed E-state index contributed by atoms with van der Waals surface area (Å²) in [6, 6.07) is 2.10. The molecule has 1 fully saturated rings. The second kappa shape index (κ2) is 13.8. The highest BCUT2D eigenvalue weighted by molar-refractivity contribution is 6.03. The summed E-state index contributed by atoms with van der Waals surface area (Å²) in [5, 5.41) is 14.1. The van der Waals surface area contributed by atoms with Crippen molar-refractivity contribution in [3.63, 3.8) is 0 Å². The van der Waals surface area contributed by atoms with Crippen LogP contribution in [0, 0.1) is 0 Å². The number of aliphatic imine (C=N–C) groups is 1. The van der Waals surface area contributed by atoms with Gasteiger partial charge in [-0.2, -0.15) is 5.10 Å². The molecule has 0 radical (unpaired) electrons. The number of nitrogens with one attached hydrogen (secondary N) is 3. The van der Waals surface area contributed by atoms with Gasteiger partial charge in [0.2, 0.25) is 0 Å². The van der Waals surface area contributed by atoms with Gasteiger partial charge in [0, 0.05) is 31.3 Å². The Morgan fingerprint density at radius 2 is 2.18 bits per heavy atom. The lowest BCUT2D eigenvalue weighted by Gasteiger charge is -2.20. The molecule has 3 N–H and O–H groups in total. The quantitative estimate of drug-likeness (QED) is 0.224. The van der Waals surface area contributed by atoms with Gasteiger partial charge >= 0.3 is 0 Å². The van der Waals surface area contributed by atoms with Crippen LogP contribution in [0.5, 0.6) is 0 Å². The van der Waals surface area contributed by atoms with Gasteiger partial charge in [-0.15, -0.1) is 13.2 Å². The van der Waals surface area contributed by atoms with E-state index >= 15 is 0 Å². The van der Waals surface area contributed by atoms with Gasteiger partial charge in [-0.3, -0.25) is 5.10 Å². The minimum atomic E-state index is 0.665. The molecule has 28 heavy (non-hydrogen) atoms. The summed E-state index contributed by atoms with van der Waals surface area (Å²) in [5.41, 5.74) is 1.22. The van der Waals surface area contributed by atoms with Crippen LogP contribution >= 0.6 is 0 Å². The fraction of sp³-hybridized carbons (Fsp3) is 0.545. The fourth-order valence-electron chi connectivity index (χ4n) is 2.69. The summed E-state index contributed by atoms with van der Waals surface area (Å²) in [6.07, 6.45) is 11.9. The average Bonchev–Trinajstić information content (AvgIpc) is 3.46. The number of allylic oxidation sites excluding steroid dienone is 2. The maximum Gasteiger partial charge on any atom is 0.153 e. The molecule has 0 aromatic carbocycles. The maximum atomic E-state index is 4.88. The Hall–Kier alpha value is -2.34. The second-order valence-corrected chi connectivity index (χ2v) is 6.83. The molecule has 0 saturated heterocycles. The number of amidine groups is 1. The zero-order valence-corrected chi connectivity index (χ0v) is 18.1. The van der Waals surface area contributed by atoms with Crippen molar-refractivity contribution in [2.24, 2.45) is 4.99 Å². The highest BCUT2D eigenvalue weighted by Gasteiger charge is 2.25. The lowest BCUT2D eigenvalue weighted by atomic mass is 10.3. The van der Waals surface area contributed by atoms with Gasteiger partial charge in [0.15, 0.2) is 5.82 Å². The third-order valence-corrected chi connectivity index (χ3v) is 4.36. The second-order valence-electron chi connectivity index (χ2n) is 6.83. The summed E-state index contributed by atoms with van der Waals surface area (Å²) >= 11 is 0. The van der Waals surface area contributed by atoms with Crippen LogP contribution in [0.15, 0.2) is 48.3 Å². The Kier molecular flexibility index (Phi) is 11.7. The highest BCUT2D eigenvalue weighted by atomic mass is 15.2. The number of H-pyrrole nitrogens is 1. The predicted octanol–water partition coefficient (Wildman–Crippen LogP) is 4.66. The first-order chi connectivity index (χ1) is 13.7. The van der Waals surface area contributed by atoms with Gasteiger partial charge in [-0.05, 0) is 58.4 Å². The number of aromatic nitrogens is 2. The molecule has 1 aliphatic carbocycles. The normalized spacial score (nSPS) is 14.7. The Balaban J connectivity index is 0.00000190. The molecule has 0 bridgehead atoms. The topological polar surface area (TPSA) is 68.3 Å². The van der Waals surface area contributed by atoms with Crippen molar-refractivity contribution in [1.82, 2.24) is 20.4 Å². The standard InChI is InChI=1S/C20H34N6.C2H4/c1-5-7-10-20(26(4)14-8-13-21-3)23-18(9-6-2)22-19-15-17(24-25-19)16-11-12-16;1-2/h6,9-10,15-16,21H,5,7-8,11-14H2,1-4H3,(H2,22,23,24,25);1-2H2/b9-6-,20-10-;. The van der Waals surface area contributed by atoms with Crippen LogP contribution in [-0.4, -0.2) is 48.1 Å². The van der Waals surface area contributed by atoms with Gasteiger partial charge in [0.25, 0.3) is 0 Å². The number of anilines is 1. The molecule has 0 aliphatic heterocycles. The molecule has 2 rings (SSSR count). The van der Waals surface area contributed by atoms with Crippen molar-refractivity contribution in [3.05, 3.63) is 49.0 Å². The molecule has 1 aromatic rings. The van der Waals surface area contributed by atoms with E-state index in [2.05, 4.69) is 65.0 Å².